The zero-order chi connectivity index (χ0) is 16.8. The maximum absolute atomic E-state index is 12.1. The molecular formula is C15H35IN4O2S. The van der Waals surface area contributed by atoms with E-state index < -0.39 is 10.0 Å². The Labute approximate surface area is 160 Å². The van der Waals surface area contributed by atoms with Crippen molar-refractivity contribution in [3.63, 3.8) is 0 Å². The fourth-order valence-corrected chi connectivity index (χ4v) is 3.52. The van der Waals surface area contributed by atoms with Gasteiger partial charge in [0.2, 0.25) is 10.0 Å². The summed E-state index contributed by atoms with van der Waals surface area (Å²) in [5.41, 5.74) is 0. The Morgan fingerprint density at radius 2 is 1.65 bits per heavy atom. The number of halogens is 1. The van der Waals surface area contributed by atoms with E-state index in [0.717, 1.165) is 19.5 Å². The van der Waals surface area contributed by atoms with Crippen molar-refractivity contribution >= 4 is 40.0 Å². The zero-order valence-corrected chi connectivity index (χ0v) is 18.2. The highest BCUT2D eigenvalue weighted by molar-refractivity contribution is 14.0. The van der Waals surface area contributed by atoms with E-state index in [2.05, 4.69) is 22.5 Å². The maximum Gasteiger partial charge on any atom is 0.215 e. The number of rotatable bonds is 12. The summed E-state index contributed by atoms with van der Waals surface area (Å²) in [6.07, 6.45) is 4.71. The maximum atomic E-state index is 12.1. The molecule has 0 saturated heterocycles. The van der Waals surface area contributed by atoms with E-state index in [1.807, 2.05) is 20.8 Å². The highest BCUT2D eigenvalue weighted by atomic mass is 127. The van der Waals surface area contributed by atoms with E-state index in [-0.39, 0.29) is 29.7 Å². The molecule has 0 atom stereocenters. The number of nitrogens with zero attached hydrogens (tertiary/aromatic N) is 2. The van der Waals surface area contributed by atoms with Crippen LogP contribution in [0.4, 0.5) is 0 Å². The molecule has 0 aliphatic heterocycles. The van der Waals surface area contributed by atoms with Crippen molar-refractivity contribution < 1.29 is 8.42 Å². The predicted molar refractivity (Wildman–Crippen MR) is 110 cm³/mol. The summed E-state index contributed by atoms with van der Waals surface area (Å²) in [6.45, 7) is 10.9. The lowest BCUT2D eigenvalue weighted by molar-refractivity contribution is 0.445. The second-order valence-electron chi connectivity index (χ2n) is 5.15. The Balaban J connectivity index is 0. The van der Waals surface area contributed by atoms with E-state index in [0.29, 0.717) is 25.6 Å². The molecule has 0 saturated carbocycles. The Hall–Kier alpha value is -0.0900. The van der Waals surface area contributed by atoms with Crippen LogP contribution < -0.4 is 10.6 Å². The lowest BCUT2D eigenvalue weighted by Crippen LogP contribution is -2.42. The number of guanidine groups is 1. The van der Waals surface area contributed by atoms with E-state index in [1.165, 1.54) is 23.6 Å². The van der Waals surface area contributed by atoms with Gasteiger partial charge in [-0.05, 0) is 13.3 Å². The normalized spacial score (nSPS) is 12.1. The molecule has 0 aromatic rings. The lowest BCUT2D eigenvalue weighted by atomic mass is 10.2. The van der Waals surface area contributed by atoms with Crippen LogP contribution in [0.15, 0.2) is 4.99 Å². The Bertz CT molecular complexity index is 398. The van der Waals surface area contributed by atoms with Gasteiger partial charge < -0.3 is 10.6 Å². The Morgan fingerprint density at radius 1 is 1.00 bits per heavy atom. The van der Waals surface area contributed by atoms with Crippen molar-refractivity contribution in [3.8, 4) is 0 Å². The van der Waals surface area contributed by atoms with Gasteiger partial charge in [-0.15, -0.1) is 24.0 Å². The second kappa shape index (κ2) is 15.4. The quantitative estimate of drug-likeness (QED) is 0.202. The van der Waals surface area contributed by atoms with Gasteiger partial charge in [-0.3, -0.25) is 4.99 Å². The highest BCUT2D eigenvalue weighted by Gasteiger charge is 2.18. The molecular weight excluding hydrogens is 427 g/mol. The number of sulfonamides is 1. The van der Waals surface area contributed by atoms with Gasteiger partial charge in [-0.25, -0.2) is 12.7 Å². The van der Waals surface area contributed by atoms with Crippen molar-refractivity contribution in [2.24, 2.45) is 4.99 Å². The highest BCUT2D eigenvalue weighted by Crippen LogP contribution is 2.00. The monoisotopic (exact) mass is 462 g/mol. The summed E-state index contributed by atoms with van der Waals surface area (Å²) in [6, 6.07) is 0. The first-order chi connectivity index (χ1) is 10.5. The van der Waals surface area contributed by atoms with Crippen LogP contribution in [0.5, 0.6) is 0 Å². The second-order valence-corrected chi connectivity index (χ2v) is 7.24. The Morgan fingerprint density at radius 3 is 2.17 bits per heavy atom. The van der Waals surface area contributed by atoms with Crippen LogP contribution in [-0.4, -0.2) is 57.2 Å². The number of hydrogen-bond donors (Lipinski definition) is 2. The molecule has 2 N–H and O–H groups in total. The van der Waals surface area contributed by atoms with E-state index >= 15 is 0 Å². The van der Waals surface area contributed by atoms with Crippen LogP contribution in [0.3, 0.4) is 0 Å². The van der Waals surface area contributed by atoms with Gasteiger partial charge in [-0.2, -0.15) is 0 Å². The average Bonchev–Trinajstić information content (AvgIpc) is 2.47. The lowest BCUT2D eigenvalue weighted by Gasteiger charge is -2.19. The van der Waals surface area contributed by atoms with Crippen LogP contribution in [-0.2, 0) is 10.0 Å². The Kier molecular flexibility index (Phi) is 16.9. The molecule has 0 fully saturated rings. The van der Waals surface area contributed by atoms with Gasteiger partial charge in [0.25, 0.3) is 0 Å². The molecule has 0 aromatic carbocycles. The molecule has 6 nitrogen and oxygen atoms in total. The van der Waals surface area contributed by atoms with Crippen LogP contribution in [0.2, 0.25) is 0 Å². The summed E-state index contributed by atoms with van der Waals surface area (Å²) in [5.74, 6) is 0.795. The van der Waals surface area contributed by atoms with Gasteiger partial charge in [0.05, 0.1) is 5.75 Å². The third-order valence-corrected chi connectivity index (χ3v) is 5.40. The van der Waals surface area contributed by atoms with Gasteiger partial charge in [0.15, 0.2) is 5.96 Å². The van der Waals surface area contributed by atoms with Crippen molar-refractivity contribution in [1.29, 1.82) is 0 Å². The minimum Gasteiger partial charge on any atom is -0.357 e. The third-order valence-electron chi connectivity index (χ3n) is 3.38. The largest absolute Gasteiger partial charge is 0.357 e. The molecule has 23 heavy (non-hydrogen) atoms. The van der Waals surface area contributed by atoms with Crippen molar-refractivity contribution in [3.05, 3.63) is 0 Å². The zero-order valence-electron chi connectivity index (χ0n) is 15.1. The smallest absolute Gasteiger partial charge is 0.215 e. The summed E-state index contributed by atoms with van der Waals surface area (Å²) in [4.78, 5) is 4.48. The molecule has 0 aliphatic carbocycles. The van der Waals surface area contributed by atoms with E-state index in [9.17, 15) is 8.42 Å². The van der Waals surface area contributed by atoms with Crippen LogP contribution in [0.1, 0.15) is 53.4 Å². The SMILES string of the molecule is CCCCCCN=C(NCC)NCCS(=O)(=O)N(CC)CC.I. The number of hydrogen-bond acceptors (Lipinski definition) is 3. The van der Waals surface area contributed by atoms with E-state index in [1.54, 1.807) is 0 Å². The minimum absolute atomic E-state index is 0. The number of unbranched alkanes of at least 4 members (excludes halogenated alkanes) is 3. The first-order valence-electron chi connectivity index (χ1n) is 8.51. The molecule has 0 unspecified atom stereocenters. The van der Waals surface area contributed by atoms with Crippen molar-refractivity contribution in [1.82, 2.24) is 14.9 Å². The van der Waals surface area contributed by atoms with Crippen LogP contribution >= 0.6 is 24.0 Å². The molecule has 0 bridgehead atoms. The van der Waals surface area contributed by atoms with Gasteiger partial charge in [0, 0.05) is 32.7 Å². The predicted octanol–water partition coefficient (Wildman–Crippen LogP) is 2.41. The molecule has 0 spiro atoms. The first-order valence-corrected chi connectivity index (χ1v) is 10.1. The summed E-state index contributed by atoms with van der Waals surface area (Å²) in [7, 11) is -3.18. The molecule has 0 rings (SSSR count). The first kappa shape index (κ1) is 25.2. The third kappa shape index (κ3) is 12.0. The van der Waals surface area contributed by atoms with Gasteiger partial charge in [-0.1, -0.05) is 40.0 Å². The molecule has 140 valence electrons. The van der Waals surface area contributed by atoms with Gasteiger partial charge >= 0.3 is 0 Å². The van der Waals surface area contributed by atoms with Crippen molar-refractivity contribution in [2.75, 3.05) is 38.5 Å². The molecule has 0 heterocycles. The average molecular weight is 462 g/mol. The summed E-state index contributed by atoms with van der Waals surface area (Å²) < 4.78 is 25.7. The topological polar surface area (TPSA) is 73.8 Å². The molecule has 0 radical (unpaired) electrons. The fraction of sp³-hybridized carbons (Fsp3) is 0.933. The molecule has 0 aliphatic rings. The fourth-order valence-electron chi connectivity index (χ4n) is 2.12. The van der Waals surface area contributed by atoms with Crippen LogP contribution in [0, 0.1) is 0 Å². The van der Waals surface area contributed by atoms with E-state index in [4.69, 9.17) is 0 Å². The van der Waals surface area contributed by atoms with Crippen LogP contribution in [0.25, 0.3) is 0 Å². The minimum atomic E-state index is -3.18. The molecule has 0 aromatic heterocycles. The van der Waals surface area contributed by atoms with Gasteiger partial charge in [0.1, 0.15) is 0 Å². The summed E-state index contributed by atoms with van der Waals surface area (Å²) in [5, 5.41) is 6.25. The number of aliphatic imine (C=N–C) groups is 1. The molecule has 8 heteroatoms. The van der Waals surface area contributed by atoms with Crippen molar-refractivity contribution in [2.45, 2.75) is 53.4 Å². The summed E-state index contributed by atoms with van der Waals surface area (Å²) >= 11 is 0. The number of nitrogens with one attached hydrogen (secondary N) is 2. The molecule has 0 amide bonds. The standard InChI is InChI=1S/C15H34N4O2S.HI/c1-5-9-10-11-12-17-15(16-6-2)18-13-14-22(20,21)19(7-3)8-4;/h5-14H2,1-4H3,(H2,16,17,18);1H.